The lowest BCUT2D eigenvalue weighted by atomic mass is 9.88. The van der Waals surface area contributed by atoms with E-state index >= 15 is 0 Å². The molecule has 1 aliphatic rings. The number of hydrogen-bond donors (Lipinski definition) is 0. The Morgan fingerprint density at radius 2 is 2.12 bits per heavy atom. The van der Waals surface area contributed by atoms with Crippen LogP contribution in [0, 0.1) is 10.1 Å². The number of non-ortho nitro benzene ring substituents is 1. The maximum absolute atomic E-state index is 11.0. The van der Waals surface area contributed by atoms with Crippen LogP contribution in [0.15, 0.2) is 24.3 Å². The average Bonchev–Trinajstić information content (AvgIpc) is 2.77. The molecule has 0 amide bonds. The summed E-state index contributed by atoms with van der Waals surface area (Å²) in [6, 6.07) is 6.68. The molecule has 0 radical (unpaired) electrons. The first-order chi connectivity index (χ1) is 8.18. The van der Waals surface area contributed by atoms with E-state index in [0.29, 0.717) is 16.9 Å². The molecule has 2 aromatic carbocycles. The lowest BCUT2D eigenvalue weighted by Crippen LogP contribution is -2.07. The molecule has 0 spiro atoms. The van der Waals surface area contributed by atoms with Gasteiger partial charge in [0.2, 0.25) is 6.79 Å². The van der Waals surface area contributed by atoms with Crippen molar-refractivity contribution in [2.24, 2.45) is 0 Å². The molecule has 1 heterocycles. The second-order valence-electron chi connectivity index (χ2n) is 3.86. The van der Waals surface area contributed by atoms with Crippen LogP contribution in [0.4, 0.5) is 5.69 Å². The third kappa shape index (κ3) is 1.34. The Morgan fingerprint density at radius 3 is 2.88 bits per heavy atom. The molecule has 0 bridgehead atoms. The topological polar surface area (TPSA) is 61.6 Å². The van der Waals surface area contributed by atoms with Gasteiger partial charge in [-0.3, -0.25) is 10.1 Å². The van der Waals surface area contributed by atoms with Crippen molar-refractivity contribution in [3.05, 3.63) is 34.4 Å². The Labute approximate surface area is 97.5 Å². The molecule has 0 N–H and O–H groups in total. The number of nitro benzene ring substituents is 1. The molecule has 1 aliphatic heterocycles. The molecule has 5 nitrogen and oxygen atoms in total. The Morgan fingerprint density at radius 1 is 1.29 bits per heavy atom. The molecular weight excluding hydrogens is 221 g/mol. The van der Waals surface area contributed by atoms with Crippen LogP contribution in [0.2, 0.25) is 0 Å². The van der Waals surface area contributed by atoms with Crippen LogP contribution in [-0.4, -0.2) is 19.6 Å². The summed E-state index contributed by atoms with van der Waals surface area (Å²) in [5.41, 5.74) is 0.961. The minimum atomic E-state index is -0.385. The number of hydrogen-bond acceptors (Lipinski definition) is 4. The highest BCUT2D eigenvalue weighted by Crippen LogP contribution is 2.36. The van der Waals surface area contributed by atoms with Gasteiger partial charge >= 0.3 is 0 Å². The monoisotopic (exact) mass is 229 g/mol. The summed E-state index contributed by atoms with van der Waals surface area (Å²) in [5.74, 6) is 1.25. The van der Waals surface area contributed by atoms with E-state index in [9.17, 15) is 10.1 Å². The van der Waals surface area contributed by atoms with Crippen molar-refractivity contribution in [1.29, 1.82) is 0 Å². The number of nitrogens with zero attached hydrogens (tertiary/aromatic N) is 1. The van der Waals surface area contributed by atoms with Gasteiger partial charge in [-0.2, -0.15) is 0 Å². The van der Waals surface area contributed by atoms with E-state index in [0.717, 1.165) is 10.8 Å². The van der Waals surface area contributed by atoms with Gasteiger partial charge in [-0.05, 0) is 16.9 Å². The second-order valence-corrected chi connectivity index (χ2v) is 3.86. The largest absolute Gasteiger partial charge is 0.454 e. The van der Waals surface area contributed by atoms with E-state index in [1.165, 1.54) is 6.07 Å². The van der Waals surface area contributed by atoms with Crippen molar-refractivity contribution >= 4 is 29.8 Å². The zero-order valence-corrected chi connectivity index (χ0v) is 9.10. The first-order valence-electron chi connectivity index (χ1n) is 5.15. The number of fused-ring (bicyclic) bond motifs is 2. The predicted octanol–water partition coefficient (Wildman–Crippen LogP) is 0.735. The minimum Gasteiger partial charge on any atom is -0.454 e. The molecular formula is C11H8BNO4. The average molecular weight is 229 g/mol. The van der Waals surface area contributed by atoms with Gasteiger partial charge < -0.3 is 9.47 Å². The molecule has 6 heteroatoms. The van der Waals surface area contributed by atoms with Crippen LogP contribution in [0.5, 0.6) is 11.5 Å². The van der Waals surface area contributed by atoms with Crippen LogP contribution >= 0.6 is 0 Å². The zero-order chi connectivity index (χ0) is 12.0. The third-order valence-electron chi connectivity index (χ3n) is 2.94. The lowest BCUT2D eigenvalue weighted by Gasteiger charge is -2.06. The van der Waals surface area contributed by atoms with E-state index in [-0.39, 0.29) is 17.4 Å². The standard InChI is InChI=1S/C11H8BNO4/c12-10-6-2-1-3-8(13(14)15)7(6)4-9-11(10)17-5-16-9/h1-4H,5,12H2. The van der Waals surface area contributed by atoms with Crippen molar-refractivity contribution < 1.29 is 14.4 Å². The van der Waals surface area contributed by atoms with E-state index in [1.54, 1.807) is 12.1 Å². The van der Waals surface area contributed by atoms with Crippen molar-refractivity contribution in [1.82, 2.24) is 0 Å². The highest BCUT2D eigenvalue weighted by Gasteiger charge is 2.22. The summed E-state index contributed by atoms with van der Waals surface area (Å²) in [7, 11) is 1.87. The highest BCUT2D eigenvalue weighted by molar-refractivity contribution is 6.41. The van der Waals surface area contributed by atoms with Crippen molar-refractivity contribution in [3.63, 3.8) is 0 Å². The zero-order valence-electron chi connectivity index (χ0n) is 9.10. The van der Waals surface area contributed by atoms with Crippen molar-refractivity contribution in [2.45, 2.75) is 0 Å². The van der Waals surface area contributed by atoms with Crippen LogP contribution in [0.1, 0.15) is 0 Å². The molecule has 2 aromatic rings. The Kier molecular flexibility index (Phi) is 1.98. The highest BCUT2D eigenvalue weighted by atomic mass is 16.7. The molecule has 0 aliphatic carbocycles. The first kappa shape index (κ1) is 9.95. The Bertz CT molecular complexity index is 641. The summed E-state index contributed by atoms with van der Waals surface area (Å²) in [6.07, 6.45) is 0. The molecule has 0 saturated heterocycles. The molecule has 0 aromatic heterocycles. The molecule has 84 valence electrons. The predicted molar refractivity (Wildman–Crippen MR) is 64.9 cm³/mol. The maximum Gasteiger partial charge on any atom is 0.277 e. The fourth-order valence-electron chi connectivity index (χ4n) is 2.13. The SMILES string of the molecule is Bc1c2c(cc3c([N+](=O)[O-])cccc13)OCO2. The van der Waals surface area contributed by atoms with Gasteiger partial charge in [-0.15, -0.1) is 0 Å². The van der Waals surface area contributed by atoms with E-state index in [2.05, 4.69) is 0 Å². The van der Waals surface area contributed by atoms with Crippen LogP contribution in [0.3, 0.4) is 0 Å². The summed E-state index contributed by atoms with van der Waals surface area (Å²) >= 11 is 0. The smallest absolute Gasteiger partial charge is 0.277 e. The molecule has 0 atom stereocenters. The molecule has 0 unspecified atom stereocenters. The van der Waals surface area contributed by atoms with Gasteiger partial charge in [-0.1, -0.05) is 12.1 Å². The van der Waals surface area contributed by atoms with Crippen molar-refractivity contribution in [3.8, 4) is 11.5 Å². The van der Waals surface area contributed by atoms with Gasteiger partial charge in [0.05, 0.1) is 10.3 Å². The van der Waals surface area contributed by atoms with Gasteiger partial charge in [-0.25, -0.2) is 0 Å². The van der Waals surface area contributed by atoms with E-state index in [4.69, 9.17) is 9.47 Å². The van der Waals surface area contributed by atoms with Gasteiger partial charge in [0.15, 0.2) is 11.5 Å². The summed E-state index contributed by atoms with van der Waals surface area (Å²) in [5, 5.41) is 12.4. The van der Waals surface area contributed by atoms with Crippen molar-refractivity contribution in [2.75, 3.05) is 6.79 Å². The van der Waals surface area contributed by atoms with Crippen LogP contribution in [0.25, 0.3) is 10.8 Å². The van der Waals surface area contributed by atoms with Crippen LogP contribution < -0.4 is 14.9 Å². The lowest BCUT2D eigenvalue weighted by molar-refractivity contribution is -0.383. The first-order valence-corrected chi connectivity index (χ1v) is 5.15. The summed E-state index contributed by atoms with van der Waals surface area (Å²) < 4.78 is 10.6. The quantitative estimate of drug-likeness (QED) is 0.411. The molecule has 0 fully saturated rings. The third-order valence-corrected chi connectivity index (χ3v) is 2.94. The van der Waals surface area contributed by atoms with Gasteiger partial charge in [0.1, 0.15) is 7.85 Å². The molecule has 0 saturated carbocycles. The van der Waals surface area contributed by atoms with E-state index in [1.807, 2.05) is 13.9 Å². The number of benzene rings is 2. The molecule has 17 heavy (non-hydrogen) atoms. The minimum absolute atomic E-state index is 0.0869. The number of nitro groups is 1. The summed E-state index contributed by atoms with van der Waals surface area (Å²) in [4.78, 5) is 10.6. The molecule has 3 rings (SSSR count). The second kappa shape index (κ2) is 3.38. The summed E-state index contributed by atoms with van der Waals surface area (Å²) in [6.45, 7) is 0.167. The Hall–Kier alpha value is -2.24. The fraction of sp³-hybridized carbons (Fsp3) is 0.0909. The number of rotatable bonds is 1. The fourth-order valence-corrected chi connectivity index (χ4v) is 2.13. The maximum atomic E-state index is 11.0. The van der Waals surface area contributed by atoms with E-state index < -0.39 is 0 Å². The number of ether oxygens (including phenoxy) is 2. The Balaban J connectivity index is 2.43. The normalized spacial score (nSPS) is 12.9. The van der Waals surface area contributed by atoms with Gasteiger partial charge in [0.25, 0.3) is 5.69 Å². The van der Waals surface area contributed by atoms with Crippen LogP contribution in [-0.2, 0) is 0 Å². The van der Waals surface area contributed by atoms with Gasteiger partial charge in [0, 0.05) is 6.07 Å².